The average molecular weight is 310 g/mol. The molecule has 2 unspecified atom stereocenters. The van der Waals surface area contributed by atoms with Crippen molar-refractivity contribution in [1.29, 1.82) is 0 Å². The van der Waals surface area contributed by atoms with Gasteiger partial charge in [-0.1, -0.05) is 23.4 Å². The molecule has 0 amide bonds. The summed E-state index contributed by atoms with van der Waals surface area (Å²) in [5.41, 5.74) is 1.13. The van der Waals surface area contributed by atoms with Crippen molar-refractivity contribution in [3.8, 4) is 5.75 Å². The second kappa shape index (κ2) is 6.91. The summed E-state index contributed by atoms with van der Waals surface area (Å²) in [6.45, 7) is 2.78. The van der Waals surface area contributed by atoms with Crippen LogP contribution < -0.4 is 10.1 Å². The maximum absolute atomic E-state index is 5.66. The van der Waals surface area contributed by atoms with E-state index < -0.39 is 0 Å². The van der Waals surface area contributed by atoms with Crippen LogP contribution in [0.15, 0.2) is 28.8 Å². The molecular weight excluding hydrogens is 290 g/mol. The summed E-state index contributed by atoms with van der Waals surface area (Å²) in [5.74, 6) is 2.52. The highest BCUT2D eigenvalue weighted by Gasteiger charge is 2.27. The molecule has 0 aliphatic carbocycles. The Morgan fingerprint density at radius 1 is 1.38 bits per heavy atom. The number of ether oxygens (including phenoxy) is 1. The van der Waals surface area contributed by atoms with E-state index in [0.29, 0.717) is 18.5 Å². The number of nitrogens with one attached hydrogen (secondary N) is 1. The van der Waals surface area contributed by atoms with Crippen molar-refractivity contribution >= 4 is 12.4 Å². The molecule has 0 spiro atoms. The largest absolute Gasteiger partial charge is 0.493 e. The van der Waals surface area contributed by atoms with Crippen LogP contribution in [0.4, 0.5) is 0 Å². The highest BCUT2D eigenvalue weighted by atomic mass is 35.5. The Kier molecular flexibility index (Phi) is 5.20. The van der Waals surface area contributed by atoms with Crippen molar-refractivity contribution in [2.45, 2.75) is 31.7 Å². The highest BCUT2D eigenvalue weighted by molar-refractivity contribution is 5.85. The van der Waals surface area contributed by atoms with Crippen molar-refractivity contribution in [3.05, 3.63) is 41.5 Å². The summed E-state index contributed by atoms with van der Waals surface area (Å²) >= 11 is 0. The lowest BCUT2D eigenvalue weighted by Crippen LogP contribution is -2.24. The van der Waals surface area contributed by atoms with Gasteiger partial charge in [0.1, 0.15) is 5.75 Å². The predicted molar refractivity (Wildman–Crippen MR) is 82.2 cm³/mol. The van der Waals surface area contributed by atoms with Gasteiger partial charge in [-0.05, 0) is 26.5 Å². The predicted octanol–water partition coefficient (Wildman–Crippen LogP) is 2.56. The topological polar surface area (TPSA) is 60.2 Å². The molecule has 1 aliphatic rings. The number of para-hydroxylation sites is 1. The molecule has 1 N–H and O–H groups in total. The minimum absolute atomic E-state index is 0. The van der Waals surface area contributed by atoms with E-state index >= 15 is 0 Å². The molecule has 2 aromatic rings. The third-order valence-electron chi connectivity index (χ3n) is 3.72. The molecule has 114 valence electrons. The number of fused-ring (bicyclic) bond motifs is 1. The number of likely N-dealkylation sites (N-methyl/N-ethyl adjacent to an activating group) is 1. The Balaban J connectivity index is 0.00000161. The molecule has 1 aromatic carbocycles. The van der Waals surface area contributed by atoms with Crippen LogP contribution in [0.3, 0.4) is 0 Å². The number of hydrogen-bond donors (Lipinski definition) is 1. The number of hydrogen-bond acceptors (Lipinski definition) is 5. The van der Waals surface area contributed by atoms with E-state index in [0.717, 1.165) is 30.0 Å². The molecule has 6 heteroatoms. The highest BCUT2D eigenvalue weighted by Crippen LogP contribution is 2.37. The lowest BCUT2D eigenvalue weighted by atomic mass is 9.93. The molecule has 2 atom stereocenters. The first-order valence-electron chi connectivity index (χ1n) is 6.99. The monoisotopic (exact) mass is 309 g/mol. The minimum Gasteiger partial charge on any atom is -0.493 e. The fraction of sp³-hybridized carbons (Fsp3) is 0.467. The third kappa shape index (κ3) is 3.36. The fourth-order valence-corrected chi connectivity index (χ4v) is 2.47. The maximum atomic E-state index is 5.66. The Morgan fingerprint density at radius 2 is 2.19 bits per heavy atom. The molecule has 5 nitrogen and oxygen atoms in total. The first-order valence-corrected chi connectivity index (χ1v) is 6.99. The van der Waals surface area contributed by atoms with Gasteiger partial charge in [0.25, 0.3) is 0 Å². The maximum Gasteiger partial charge on any atom is 0.234 e. The number of benzene rings is 1. The van der Waals surface area contributed by atoms with E-state index in [9.17, 15) is 0 Å². The van der Waals surface area contributed by atoms with Gasteiger partial charge in [-0.2, -0.15) is 4.98 Å². The van der Waals surface area contributed by atoms with Crippen molar-refractivity contribution < 1.29 is 9.26 Å². The number of rotatable bonds is 4. The molecule has 3 rings (SSSR count). The molecule has 21 heavy (non-hydrogen) atoms. The van der Waals surface area contributed by atoms with E-state index in [1.54, 1.807) is 0 Å². The normalized spacial score (nSPS) is 18.3. The first-order chi connectivity index (χ1) is 9.78. The number of halogens is 1. The number of aromatic nitrogens is 2. The van der Waals surface area contributed by atoms with Crippen LogP contribution in [0.2, 0.25) is 0 Å². The fourth-order valence-electron chi connectivity index (χ4n) is 2.47. The van der Waals surface area contributed by atoms with Crippen LogP contribution >= 0.6 is 12.4 Å². The molecule has 0 fully saturated rings. The van der Waals surface area contributed by atoms with Crippen LogP contribution in [0, 0.1) is 0 Å². The summed E-state index contributed by atoms with van der Waals surface area (Å²) in [6, 6.07) is 8.39. The molecule has 0 bridgehead atoms. The Bertz CT molecular complexity index is 588. The Morgan fingerprint density at radius 3 is 3.00 bits per heavy atom. The van der Waals surface area contributed by atoms with E-state index in [1.165, 1.54) is 0 Å². The van der Waals surface area contributed by atoms with Gasteiger partial charge in [0, 0.05) is 18.0 Å². The standard InChI is InChI=1S/C15H19N3O2.ClH/c1-10(16-2)9-14-17-15(20-18-14)12-7-8-19-13-6-4-3-5-11(12)13;/h3-6,10,12,16H,7-9H2,1-2H3;1H. The average Bonchev–Trinajstić information content (AvgIpc) is 2.94. The summed E-state index contributed by atoms with van der Waals surface area (Å²) in [7, 11) is 1.93. The zero-order valence-electron chi connectivity index (χ0n) is 12.2. The van der Waals surface area contributed by atoms with E-state index in [2.05, 4.69) is 28.4 Å². The summed E-state index contributed by atoms with van der Waals surface area (Å²) in [5, 5.41) is 7.26. The van der Waals surface area contributed by atoms with Gasteiger partial charge in [0.05, 0.1) is 12.5 Å². The van der Waals surface area contributed by atoms with Crippen LogP contribution in [0.5, 0.6) is 5.75 Å². The Hall–Kier alpha value is -1.59. The molecule has 0 saturated heterocycles. The second-order valence-corrected chi connectivity index (χ2v) is 5.17. The van der Waals surface area contributed by atoms with Crippen LogP contribution in [0.1, 0.15) is 36.5 Å². The van der Waals surface area contributed by atoms with Crippen LogP contribution in [-0.4, -0.2) is 29.8 Å². The molecule has 0 saturated carbocycles. The SMILES string of the molecule is CNC(C)Cc1noc(C2CCOc3ccccc32)n1.Cl. The van der Waals surface area contributed by atoms with Crippen molar-refractivity contribution in [3.63, 3.8) is 0 Å². The van der Waals surface area contributed by atoms with Crippen LogP contribution in [0.25, 0.3) is 0 Å². The van der Waals surface area contributed by atoms with E-state index in [4.69, 9.17) is 9.26 Å². The van der Waals surface area contributed by atoms with Gasteiger partial charge in [-0.3, -0.25) is 0 Å². The van der Waals surface area contributed by atoms with E-state index in [-0.39, 0.29) is 18.3 Å². The lowest BCUT2D eigenvalue weighted by molar-refractivity contribution is 0.256. The number of nitrogens with zero attached hydrogens (tertiary/aromatic N) is 2. The summed E-state index contributed by atoms with van der Waals surface area (Å²) < 4.78 is 11.1. The zero-order chi connectivity index (χ0) is 13.9. The van der Waals surface area contributed by atoms with Crippen molar-refractivity contribution in [1.82, 2.24) is 15.5 Å². The quantitative estimate of drug-likeness (QED) is 0.940. The smallest absolute Gasteiger partial charge is 0.234 e. The van der Waals surface area contributed by atoms with Crippen LogP contribution in [-0.2, 0) is 6.42 Å². The molecule has 0 radical (unpaired) electrons. The molecule has 2 heterocycles. The van der Waals surface area contributed by atoms with Crippen molar-refractivity contribution in [2.24, 2.45) is 0 Å². The zero-order valence-corrected chi connectivity index (χ0v) is 13.0. The van der Waals surface area contributed by atoms with E-state index in [1.807, 2.05) is 25.2 Å². The first kappa shape index (κ1) is 15.8. The molecular formula is C15H20ClN3O2. The molecule has 1 aliphatic heterocycles. The van der Waals surface area contributed by atoms with Gasteiger partial charge in [-0.25, -0.2) is 0 Å². The second-order valence-electron chi connectivity index (χ2n) is 5.17. The van der Waals surface area contributed by atoms with Gasteiger partial charge >= 0.3 is 0 Å². The Labute approximate surface area is 130 Å². The minimum atomic E-state index is 0. The summed E-state index contributed by atoms with van der Waals surface area (Å²) in [4.78, 5) is 4.55. The van der Waals surface area contributed by atoms with Crippen molar-refractivity contribution in [2.75, 3.05) is 13.7 Å². The van der Waals surface area contributed by atoms with Gasteiger partial charge in [-0.15, -0.1) is 12.4 Å². The van der Waals surface area contributed by atoms with Gasteiger partial charge < -0.3 is 14.6 Å². The van der Waals surface area contributed by atoms with Gasteiger partial charge in [0.2, 0.25) is 5.89 Å². The van der Waals surface area contributed by atoms with Gasteiger partial charge in [0.15, 0.2) is 5.82 Å². The summed E-state index contributed by atoms with van der Waals surface area (Å²) in [6.07, 6.45) is 1.64. The third-order valence-corrected chi connectivity index (χ3v) is 3.72. The lowest BCUT2D eigenvalue weighted by Gasteiger charge is -2.22. The molecule has 1 aromatic heterocycles.